The van der Waals surface area contributed by atoms with Crippen LogP contribution in [0.5, 0.6) is 0 Å². The molecular weight excluding hydrogens is 244 g/mol. The average molecular weight is 257 g/mol. The second-order valence-corrected chi connectivity index (χ2v) is 4.11. The van der Waals surface area contributed by atoms with E-state index in [1.54, 1.807) is 0 Å². The number of rotatable bonds is 2. The van der Waals surface area contributed by atoms with Crippen molar-refractivity contribution in [2.45, 2.75) is 22.8 Å². The van der Waals surface area contributed by atoms with E-state index < -0.39 is 24.6 Å². The molecule has 0 aromatic carbocycles. The Hall–Kier alpha value is 0.280. The predicted molar refractivity (Wildman–Crippen MR) is 47.5 cm³/mol. The average Bonchev–Trinajstić information content (AvgIpc) is 2.16. The molecule has 3 N–H and O–H groups in total. The smallest absolute Gasteiger partial charge is 0.220 e. The summed E-state index contributed by atoms with van der Waals surface area (Å²) in [5, 5.41) is 28.0. The normalized spacial score (nSPS) is 46.4. The van der Waals surface area contributed by atoms with Gasteiger partial charge in [-0.05, 0) is 0 Å². The van der Waals surface area contributed by atoms with Crippen molar-refractivity contribution in [2.75, 3.05) is 20.3 Å². The lowest BCUT2D eigenvalue weighted by Crippen LogP contribution is -2.62. The van der Waals surface area contributed by atoms with Crippen LogP contribution in [0.2, 0.25) is 0 Å². The van der Waals surface area contributed by atoms with Gasteiger partial charge in [0.15, 0.2) is 0 Å². The molecule has 0 radical (unpaired) electrons. The number of aliphatic hydroxyl groups excluding tert-OH is 3. The fourth-order valence-corrected chi connectivity index (χ4v) is 1.67. The summed E-state index contributed by atoms with van der Waals surface area (Å²) in [4.78, 5) is -0.350. The van der Waals surface area contributed by atoms with Gasteiger partial charge in [-0.2, -0.15) is 0 Å². The molecule has 78 valence electrons. The van der Waals surface area contributed by atoms with Crippen LogP contribution in [0, 0.1) is 0 Å². The van der Waals surface area contributed by atoms with E-state index >= 15 is 0 Å². The van der Waals surface area contributed by atoms with Crippen molar-refractivity contribution in [3.05, 3.63) is 0 Å². The SMILES string of the molecule is CO[C@]1(CO)OC[C@H](Br)[C@@H](O)[C@@H]1O. The van der Waals surface area contributed by atoms with Crippen LogP contribution in [-0.2, 0) is 9.47 Å². The second kappa shape index (κ2) is 4.20. The second-order valence-electron chi connectivity index (χ2n) is 2.94. The molecule has 0 aromatic rings. The summed E-state index contributed by atoms with van der Waals surface area (Å²) in [5.74, 6) is -1.50. The molecule has 0 saturated carbocycles. The van der Waals surface area contributed by atoms with E-state index in [2.05, 4.69) is 15.9 Å². The van der Waals surface area contributed by atoms with Gasteiger partial charge in [0.2, 0.25) is 5.79 Å². The third-order valence-corrected chi connectivity index (χ3v) is 3.00. The first-order valence-corrected chi connectivity index (χ1v) is 4.79. The zero-order valence-corrected chi connectivity index (χ0v) is 8.77. The molecule has 1 fully saturated rings. The summed E-state index contributed by atoms with van der Waals surface area (Å²) in [5.41, 5.74) is 0. The summed E-state index contributed by atoms with van der Waals surface area (Å²) in [6.45, 7) is -0.325. The minimum Gasteiger partial charge on any atom is -0.391 e. The van der Waals surface area contributed by atoms with Gasteiger partial charge in [-0.3, -0.25) is 0 Å². The third kappa shape index (κ3) is 1.88. The molecule has 0 bridgehead atoms. The minimum absolute atomic E-state index is 0.173. The van der Waals surface area contributed by atoms with Crippen molar-refractivity contribution in [1.29, 1.82) is 0 Å². The molecule has 1 aliphatic rings. The van der Waals surface area contributed by atoms with Crippen molar-refractivity contribution in [1.82, 2.24) is 0 Å². The summed E-state index contributed by atoms with van der Waals surface area (Å²) < 4.78 is 9.99. The highest BCUT2D eigenvalue weighted by Crippen LogP contribution is 2.29. The van der Waals surface area contributed by atoms with E-state index in [4.69, 9.17) is 14.6 Å². The molecule has 1 aliphatic heterocycles. The molecule has 13 heavy (non-hydrogen) atoms. The number of aliphatic hydroxyl groups is 3. The molecule has 0 spiro atoms. The van der Waals surface area contributed by atoms with Gasteiger partial charge in [-0.1, -0.05) is 15.9 Å². The first kappa shape index (κ1) is 11.4. The van der Waals surface area contributed by atoms with Crippen LogP contribution in [0.3, 0.4) is 0 Å². The maximum absolute atomic E-state index is 9.57. The number of methoxy groups -OCH3 is 1. The van der Waals surface area contributed by atoms with E-state index in [-0.39, 0.29) is 11.4 Å². The van der Waals surface area contributed by atoms with E-state index in [9.17, 15) is 10.2 Å². The molecule has 1 saturated heterocycles. The Morgan fingerprint density at radius 3 is 2.69 bits per heavy atom. The van der Waals surface area contributed by atoms with Gasteiger partial charge in [0, 0.05) is 7.11 Å². The van der Waals surface area contributed by atoms with Gasteiger partial charge < -0.3 is 24.8 Å². The highest BCUT2D eigenvalue weighted by atomic mass is 79.9. The standard InChI is InChI=1S/C7H13BrO5/c1-12-7(3-9)6(11)5(10)4(8)2-13-7/h4-6,9-11H,2-3H2,1H3/t4-,5+,6-,7+/m0/s1. The van der Waals surface area contributed by atoms with Crippen LogP contribution < -0.4 is 0 Å². The first-order valence-electron chi connectivity index (χ1n) is 3.87. The molecule has 1 rings (SSSR count). The number of hydrogen-bond acceptors (Lipinski definition) is 5. The van der Waals surface area contributed by atoms with E-state index in [0.717, 1.165) is 0 Å². The lowest BCUT2D eigenvalue weighted by Gasteiger charge is -2.42. The van der Waals surface area contributed by atoms with E-state index in [1.165, 1.54) is 7.11 Å². The monoisotopic (exact) mass is 256 g/mol. The molecule has 6 heteroatoms. The van der Waals surface area contributed by atoms with Crippen molar-refractivity contribution >= 4 is 15.9 Å². The lowest BCUT2D eigenvalue weighted by molar-refractivity contribution is -0.320. The van der Waals surface area contributed by atoms with Gasteiger partial charge >= 0.3 is 0 Å². The van der Waals surface area contributed by atoms with Crippen LogP contribution in [0.1, 0.15) is 0 Å². The summed E-state index contributed by atoms with van der Waals surface area (Å²) in [6, 6.07) is 0. The number of hydrogen-bond donors (Lipinski definition) is 3. The molecule has 0 unspecified atom stereocenters. The van der Waals surface area contributed by atoms with Crippen molar-refractivity contribution in [3.63, 3.8) is 0 Å². The zero-order valence-electron chi connectivity index (χ0n) is 7.18. The van der Waals surface area contributed by atoms with Crippen molar-refractivity contribution < 1.29 is 24.8 Å². The fourth-order valence-electron chi connectivity index (χ4n) is 1.25. The van der Waals surface area contributed by atoms with E-state index in [1.807, 2.05) is 0 Å². The summed E-state index contributed by atoms with van der Waals surface area (Å²) in [7, 11) is 1.31. The van der Waals surface area contributed by atoms with Gasteiger partial charge in [0.25, 0.3) is 0 Å². The maximum atomic E-state index is 9.57. The Labute approximate surface area is 84.4 Å². The van der Waals surface area contributed by atoms with Crippen LogP contribution >= 0.6 is 15.9 Å². The molecule has 0 amide bonds. The van der Waals surface area contributed by atoms with Gasteiger partial charge in [0.1, 0.15) is 6.10 Å². The Morgan fingerprint density at radius 1 is 1.62 bits per heavy atom. The van der Waals surface area contributed by atoms with Gasteiger partial charge in [0.05, 0.1) is 24.1 Å². The summed E-state index contributed by atoms with van der Waals surface area (Å²) in [6.07, 6.45) is -2.28. The van der Waals surface area contributed by atoms with Crippen LogP contribution in [-0.4, -0.2) is 58.5 Å². The molecule has 4 atom stereocenters. The Kier molecular flexibility index (Phi) is 3.67. The fraction of sp³-hybridized carbons (Fsp3) is 1.00. The number of ether oxygens (including phenoxy) is 2. The zero-order chi connectivity index (χ0) is 10.1. The first-order chi connectivity index (χ1) is 6.07. The molecule has 0 aliphatic carbocycles. The molecule has 5 nitrogen and oxygen atoms in total. The third-order valence-electron chi connectivity index (χ3n) is 2.20. The topological polar surface area (TPSA) is 79.2 Å². The van der Waals surface area contributed by atoms with Crippen molar-refractivity contribution in [3.8, 4) is 0 Å². The quantitative estimate of drug-likeness (QED) is 0.544. The van der Waals surface area contributed by atoms with E-state index in [0.29, 0.717) is 0 Å². The van der Waals surface area contributed by atoms with Crippen LogP contribution in [0.25, 0.3) is 0 Å². The van der Waals surface area contributed by atoms with Crippen molar-refractivity contribution in [2.24, 2.45) is 0 Å². The molecule has 0 aromatic heterocycles. The summed E-state index contributed by atoms with van der Waals surface area (Å²) >= 11 is 3.13. The highest BCUT2D eigenvalue weighted by Gasteiger charge is 2.49. The number of alkyl halides is 1. The van der Waals surface area contributed by atoms with Crippen LogP contribution in [0.15, 0.2) is 0 Å². The number of halogens is 1. The lowest BCUT2D eigenvalue weighted by atomic mass is 9.99. The van der Waals surface area contributed by atoms with Crippen LogP contribution in [0.4, 0.5) is 0 Å². The maximum Gasteiger partial charge on any atom is 0.220 e. The molecular formula is C7H13BrO5. The van der Waals surface area contributed by atoms with Gasteiger partial charge in [-0.15, -0.1) is 0 Å². The van der Waals surface area contributed by atoms with Gasteiger partial charge in [-0.25, -0.2) is 0 Å². The predicted octanol–water partition coefficient (Wildman–Crippen LogP) is -1.16. The Balaban J connectivity index is 2.77. The largest absolute Gasteiger partial charge is 0.391 e. The molecule has 1 heterocycles. The highest BCUT2D eigenvalue weighted by molar-refractivity contribution is 9.09. The Bertz CT molecular complexity index is 172. The Morgan fingerprint density at radius 2 is 2.23 bits per heavy atom. The minimum atomic E-state index is -1.50.